The highest BCUT2D eigenvalue weighted by Crippen LogP contribution is 2.24. The first-order chi connectivity index (χ1) is 18.3. The number of hydrazone groups is 2. The Balaban J connectivity index is 1.96. The number of amides is 2. The second-order valence-corrected chi connectivity index (χ2v) is 9.09. The molecule has 0 aliphatic rings. The van der Waals surface area contributed by atoms with Gasteiger partial charge in [0.15, 0.2) is 0 Å². The fraction of sp³-hybridized carbons (Fsp3) is 0.200. The van der Waals surface area contributed by atoms with Crippen molar-refractivity contribution < 1.29 is 29.3 Å². The topological polar surface area (TPSA) is 255 Å². The highest BCUT2D eigenvalue weighted by Gasteiger charge is 2.23. The molecule has 0 saturated heterocycles. The molecule has 0 heterocycles. The van der Waals surface area contributed by atoms with Crippen LogP contribution in [-0.4, -0.2) is 54.4 Å². The Morgan fingerprint density at radius 2 is 1.08 bits per heavy atom. The molecule has 0 saturated carbocycles. The minimum atomic E-state index is -0.838. The van der Waals surface area contributed by atoms with Crippen molar-refractivity contribution in [3.8, 4) is 0 Å². The lowest BCUT2D eigenvalue weighted by molar-refractivity contribution is -0.394. The molecule has 0 aromatic heterocycles. The molecule has 0 radical (unpaired) electrons. The summed E-state index contributed by atoms with van der Waals surface area (Å²) < 4.78 is 0. The van der Waals surface area contributed by atoms with Gasteiger partial charge in [0.2, 0.25) is 0 Å². The smallest absolute Gasteiger partial charge is 0.272 e. The summed E-state index contributed by atoms with van der Waals surface area (Å²) in [7, 11) is 0. The molecule has 2 aromatic rings. The average molecular weight is 562 g/mol. The number of nitro groups is 4. The Morgan fingerprint density at radius 3 is 1.38 bits per heavy atom. The van der Waals surface area contributed by atoms with E-state index in [2.05, 4.69) is 21.1 Å². The van der Waals surface area contributed by atoms with Crippen molar-refractivity contribution in [2.75, 3.05) is 0 Å². The van der Waals surface area contributed by atoms with E-state index in [1.54, 1.807) is 0 Å². The monoisotopic (exact) mass is 562 g/mol. The lowest BCUT2D eigenvalue weighted by atomic mass is 10.2. The summed E-state index contributed by atoms with van der Waals surface area (Å²) in [5.41, 5.74) is 1.96. The van der Waals surface area contributed by atoms with Crippen molar-refractivity contribution in [3.63, 3.8) is 0 Å². The van der Waals surface area contributed by atoms with Crippen molar-refractivity contribution in [2.24, 2.45) is 10.2 Å². The zero-order chi connectivity index (χ0) is 29.3. The Bertz CT molecular complexity index is 1290. The van der Waals surface area contributed by atoms with E-state index < -0.39 is 64.8 Å². The van der Waals surface area contributed by atoms with Crippen molar-refractivity contribution >= 4 is 58.8 Å². The summed E-state index contributed by atoms with van der Waals surface area (Å²) in [6.07, 6.45) is 1.89. The summed E-state index contributed by atoms with van der Waals surface area (Å²) in [4.78, 5) is 65.2. The van der Waals surface area contributed by atoms with Gasteiger partial charge in [-0.25, -0.2) is 10.9 Å². The predicted molar refractivity (Wildman–Crippen MR) is 137 cm³/mol. The van der Waals surface area contributed by atoms with Gasteiger partial charge in [-0.15, -0.1) is 11.8 Å². The second-order valence-electron chi connectivity index (χ2n) is 7.40. The number of carbonyl (C=O) groups is 2. The summed E-state index contributed by atoms with van der Waals surface area (Å²) in [5, 5.41) is 49.5. The Labute approximate surface area is 221 Å². The van der Waals surface area contributed by atoms with E-state index in [-0.39, 0.29) is 11.1 Å². The van der Waals surface area contributed by atoms with Gasteiger partial charge in [0.1, 0.15) is 0 Å². The number of non-ortho nitro benzene ring substituents is 2. The maximum absolute atomic E-state index is 12.3. The van der Waals surface area contributed by atoms with Gasteiger partial charge in [0.05, 0.1) is 65.9 Å². The van der Waals surface area contributed by atoms with Gasteiger partial charge in [-0.3, -0.25) is 50.0 Å². The Kier molecular flexibility index (Phi) is 10.2. The van der Waals surface area contributed by atoms with E-state index in [1.165, 1.54) is 13.8 Å². The molecule has 0 spiro atoms. The average Bonchev–Trinajstić information content (AvgIpc) is 2.88. The fourth-order valence-electron chi connectivity index (χ4n) is 2.77. The first-order valence-electron chi connectivity index (χ1n) is 10.5. The van der Waals surface area contributed by atoms with Crippen LogP contribution in [0.25, 0.3) is 0 Å². The summed E-state index contributed by atoms with van der Waals surface area (Å²) in [6, 6.07) is 5.79. The minimum absolute atomic E-state index is 0.0925. The molecular weight excluding hydrogens is 544 g/mol. The Morgan fingerprint density at radius 1 is 0.718 bits per heavy atom. The van der Waals surface area contributed by atoms with Gasteiger partial charge in [-0.1, -0.05) is 0 Å². The van der Waals surface area contributed by atoms with Crippen LogP contribution in [0.4, 0.5) is 22.7 Å². The quantitative estimate of drug-likeness (QED) is 0.215. The maximum Gasteiger partial charge on any atom is 0.285 e. The molecule has 0 fully saturated rings. The number of thioether (sulfide) groups is 1. The predicted octanol–water partition coefficient (Wildman–Crippen LogP) is 2.43. The number of benzene rings is 2. The molecule has 2 N–H and O–H groups in total. The van der Waals surface area contributed by atoms with Crippen LogP contribution in [0.2, 0.25) is 0 Å². The number of hydrogen-bond donors (Lipinski definition) is 2. The van der Waals surface area contributed by atoms with Crippen LogP contribution in [0.5, 0.6) is 0 Å². The van der Waals surface area contributed by atoms with Gasteiger partial charge < -0.3 is 0 Å². The van der Waals surface area contributed by atoms with E-state index in [1.807, 2.05) is 0 Å². The third-order valence-corrected chi connectivity index (χ3v) is 5.99. The first kappa shape index (κ1) is 29.9. The molecule has 0 aliphatic heterocycles. The number of nitrogens with zero attached hydrogens (tertiary/aromatic N) is 6. The van der Waals surface area contributed by atoms with Gasteiger partial charge in [0, 0.05) is 12.1 Å². The summed E-state index contributed by atoms with van der Waals surface area (Å²) >= 11 is 0.896. The van der Waals surface area contributed by atoms with Crippen molar-refractivity contribution in [2.45, 2.75) is 24.3 Å². The van der Waals surface area contributed by atoms with Gasteiger partial charge in [0.25, 0.3) is 34.6 Å². The summed E-state index contributed by atoms with van der Waals surface area (Å²) in [5.74, 6) is -1.32. The van der Waals surface area contributed by atoms with Gasteiger partial charge in [-0.2, -0.15) is 10.2 Å². The SMILES string of the molecule is CC(SC(C)C(=O)N/N=C/c1ccc([N+](=O)[O-])cc1[N+](=O)[O-])C(=O)N/N=C/c1ccc([N+](=O)[O-])cc1[N+](=O)[O-]. The molecule has 39 heavy (non-hydrogen) atoms. The van der Waals surface area contributed by atoms with Crippen LogP contribution in [-0.2, 0) is 9.59 Å². The highest BCUT2D eigenvalue weighted by atomic mass is 32.2. The molecule has 2 aromatic carbocycles. The zero-order valence-electron chi connectivity index (χ0n) is 19.9. The van der Waals surface area contributed by atoms with Crippen LogP contribution in [0.3, 0.4) is 0 Å². The second kappa shape index (κ2) is 13.3. The van der Waals surface area contributed by atoms with Crippen LogP contribution >= 0.6 is 11.8 Å². The largest absolute Gasteiger partial charge is 0.285 e. The molecule has 204 valence electrons. The van der Waals surface area contributed by atoms with Crippen molar-refractivity contribution in [3.05, 3.63) is 88.0 Å². The van der Waals surface area contributed by atoms with Crippen molar-refractivity contribution in [1.82, 2.24) is 10.9 Å². The molecule has 2 amide bonds. The van der Waals surface area contributed by atoms with Crippen LogP contribution in [0.15, 0.2) is 46.6 Å². The molecule has 2 atom stereocenters. The van der Waals surface area contributed by atoms with Crippen molar-refractivity contribution in [1.29, 1.82) is 0 Å². The molecule has 18 nitrogen and oxygen atoms in total. The molecule has 0 bridgehead atoms. The van der Waals surface area contributed by atoms with Gasteiger partial charge in [-0.05, 0) is 26.0 Å². The number of rotatable bonds is 12. The number of nitrogens with one attached hydrogen (secondary N) is 2. The normalized spacial score (nSPS) is 12.6. The van der Waals surface area contributed by atoms with Gasteiger partial charge >= 0.3 is 0 Å². The lowest BCUT2D eigenvalue weighted by Gasteiger charge is -2.14. The molecule has 0 aliphatic carbocycles. The zero-order valence-corrected chi connectivity index (χ0v) is 20.8. The van der Waals surface area contributed by atoms with Crippen LogP contribution in [0, 0.1) is 40.5 Å². The number of hydrogen-bond acceptors (Lipinski definition) is 13. The molecular formula is C20H18N8O10S. The van der Waals surface area contributed by atoms with E-state index in [0.717, 1.165) is 60.6 Å². The molecule has 19 heteroatoms. The molecule has 2 rings (SSSR count). The molecule has 2 unspecified atom stereocenters. The third-order valence-electron chi connectivity index (χ3n) is 4.75. The lowest BCUT2D eigenvalue weighted by Crippen LogP contribution is -2.33. The Hall–Kier alpha value is -5.33. The highest BCUT2D eigenvalue weighted by molar-refractivity contribution is 8.01. The van der Waals surface area contributed by atoms with E-state index in [9.17, 15) is 50.0 Å². The van der Waals surface area contributed by atoms with Crippen LogP contribution in [0.1, 0.15) is 25.0 Å². The van der Waals surface area contributed by atoms with Crippen LogP contribution < -0.4 is 10.9 Å². The standard InChI is InChI=1S/C20H18N8O10S/c1-11(19(29)23-21-9-13-3-5-15(25(31)32)7-17(13)27(35)36)39-12(2)20(30)24-22-10-14-4-6-16(26(33)34)8-18(14)28(37)38/h3-12H,1-2H3,(H,23,29)(H,24,30)/b21-9+,22-10+. The summed E-state index contributed by atoms with van der Waals surface area (Å²) in [6.45, 7) is 2.91. The first-order valence-corrected chi connectivity index (χ1v) is 11.4. The fourth-order valence-corrected chi connectivity index (χ4v) is 3.73. The maximum atomic E-state index is 12.3. The van der Waals surface area contributed by atoms with E-state index >= 15 is 0 Å². The number of carbonyl (C=O) groups excluding carboxylic acids is 2. The number of nitro benzene ring substituents is 4. The third kappa shape index (κ3) is 8.35. The van der Waals surface area contributed by atoms with E-state index in [4.69, 9.17) is 0 Å². The van der Waals surface area contributed by atoms with E-state index in [0.29, 0.717) is 0 Å². The minimum Gasteiger partial charge on any atom is -0.272 e.